The smallest absolute Gasteiger partial charge is 0.871 e. The Morgan fingerprint density at radius 1 is 0.465 bits per heavy atom. The molecule has 0 atom stereocenters. The summed E-state index contributed by atoms with van der Waals surface area (Å²) >= 11 is 0. The van der Waals surface area contributed by atoms with Crippen molar-refractivity contribution in [2.24, 2.45) is 30.7 Å². The molecule has 0 radical (unpaired) electrons. The van der Waals surface area contributed by atoms with E-state index in [9.17, 15) is 80.1 Å². The van der Waals surface area contributed by atoms with Gasteiger partial charge in [0.2, 0.25) is 0 Å². The maximum absolute atomic E-state index is 13.6. The van der Waals surface area contributed by atoms with Gasteiger partial charge < -0.3 is 23.3 Å². The number of nitro groups is 1. The minimum Gasteiger partial charge on any atom is -0.871 e. The molecule has 0 aliphatic rings. The molecule has 0 aromatic heterocycles. The van der Waals surface area contributed by atoms with Crippen LogP contribution in [0.4, 0.5) is 39.8 Å². The van der Waals surface area contributed by atoms with Crippen LogP contribution in [0.2, 0.25) is 0 Å². The molecule has 71 heavy (non-hydrogen) atoms. The largest absolute Gasteiger partial charge is 1.00 e. The van der Waals surface area contributed by atoms with Crippen molar-refractivity contribution in [2.75, 3.05) is 0 Å². The van der Waals surface area contributed by atoms with Gasteiger partial charge in [-0.2, -0.15) is 28.9 Å². The van der Waals surface area contributed by atoms with E-state index in [1.165, 1.54) is 6.07 Å². The molecule has 0 amide bonds. The van der Waals surface area contributed by atoms with E-state index < -0.39 is 103 Å². The third-order valence-corrected chi connectivity index (χ3v) is 13.0. The van der Waals surface area contributed by atoms with E-state index in [1.807, 2.05) is 0 Å². The van der Waals surface area contributed by atoms with Gasteiger partial charge in [-0.05, 0) is 101 Å². The van der Waals surface area contributed by atoms with Gasteiger partial charge in [0.25, 0.3) is 15.8 Å². The van der Waals surface area contributed by atoms with Crippen molar-refractivity contribution in [3.8, 4) is 5.75 Å². The topological polar surface area (TPSA) is 424 Å². The van der Waals surface area contributed by atoms with Crippen molar-refractivity contribution in [1.29, 1.82) is 0 Å². The summed E-state index contributed by atoms with van der Waals surface area (Å²) in [5.41, 5.74) is -3.79. The van der Waals surface area contributed by atoms with Gasteiger partial charge in [0, 0.05) is 12.1 Å². The summed E-state index contributed by atoms with van der Waals surface area (Å²) in [5, 5.41) is 46.6. The van der Waals surface area contributed by atoms with E-state index in [4.69, 9.17) is 0 Å². The summed E-state index contributed by atoms with van der Waals surface area (Å²) in [6.45, 7) is 0. The van der Waals surface area contributed by atoms with Crippen molar-refractivity contribution in [3.05, 3.63) is 124 Å². The maximum Gasteiger partial charge on any atom is 1.00 e. The number of azo groups is 3. The molecule has 0 heterocycles. The van der Waals surface area contributed by atoms with Crippen molar-refractivity contribution in [3.63, 3.8) is 0 Å². The average Bonchev–Trinajstić information content (AvgIpc) is 3.22. The minimum absolute atomic E-state index is 0. The molecule has 1 N–H and O–H groups in total. The quantitative estimate of drug-likeness (QED) is 0.0264. The van der Waals surface area contributed by atoms with Crippen LogP contribution in [0.1, 0.15) is 11.1 Å². The number of benzene rings is 6. The first-order valence-electron chi connectivity index (χ1n) is 17.3. The molecule has 25 nitrogen and oxygen atoms in total. The van der Waals surface area contributed by atoms with Crippen molar-refractivity contribution in [2.45, 2.75) is 24.5 Å². The summed E-state index contributed by atoms with van der Waals surface area (Å²) < 4.78 is 177. The van der Waals surface area contributed by atoms with Gasteiger partial charge in [0.05, 0.1) is 52.9 Å². The Kier molecular flexibility index (Phi) is 25.0. The molecule has 6 aromatic rings. The zero-order chi connectivity index (χ0) is 48.6. The van der Waals surface area contributed by atoms with Gasteiger partial charge in [-0.25, -0.2) is 33.7 Å². The summed E-state index contributed by atoms with van der Waals surface area (Å²) in [6, 6.07) is 16.2. The predicted octanol–water partition coefficient (Wildman–Crippen LogP) is -8.88. The van der Waals surface area contributed by atoms with Crippen LogP contribution >= 0.6 is 0 Å². The molecule has 0 saturated carbocycles. The van der Waals surface area contributed by atoms with E-state index in [-0.39, 0.29) is 192 Å². The van der Waals surface area contributed by atoms with Crippen LogP contribution in [0.5, 0.6) is 5.75 Å². The van der Waals surface area contributed by atoms with Crippen LogP contribution in [0.15, 0.2) is 158 Å². The Morgan fingerprint density at radius 3 is 1.39 bits per heavy atom. The van der Waals surface area contributed by atoms with Gasteiger partial charge in [-0.1, -0.05) is 30.0 Å². The normalized spacial score (nSPS) is 12.2. The Bertz CT molecular complexity index is 3740. The SMILES string of the molecule is O=[N+]([O-])c1ccc(/C=C/c2ccc(N=Nc3ccc4c([O-])c(N=Nc5ccc(N=Nc6ccc(S(=O)(=O)[O-])cc6)cc5S(=O)(=O)[O-])c(S(=O)(=O)O)cc4c3)cc2S(=O)(=O)[O-])c(S(=O)(=O)[O-])c1.[Na+].[Na+].[Na+].[Na+].[Na+]. The van der Waals surface area contributed by atoms with Crippen molar-refractivity contribution in [1.82, 2.24) is 0 Å². The van der Waals surface area contributed by atoms with Crippen molar-refractivity contribution < 1.29 is 223 Å². The van der Waals surface area contributed by atoms with E-state index in [1.54, 1.807) is 0 Å². The van der Waals surface area contributed by atoms with Crippen LogP contribution < -0.4 is 153 Å². The van der Waals surface area contributed by atoms with Gasteiger partial charge in [-0.3, -0.25) is 14.7 Å². The monoisotopic (exact) mass is 1110 g/mol. The summed E-state index contributed by atoms with van der Waals surface area (Å²) in [4.78, 5) is 5.47. The minimum atomic E-state index is -5.38. The van der Waals surface area contributed by atoms with Crippen molar-refractivity contribution >= 4 is 113 Å². The van der Waals surface area contributed by atoms with Crippen LogP contribution in [-0.4, -0.2) is 69.8 Å². The number of rotatable bonds is 14. The fourth-order valence-electron chi connectivity index (χ4n) is 5.65. The number of fused-ring (bicyclic) bond motifs is 1. The van der Waals surface area contributed by atoms with E-state index in [2.05, 4.69) is 30.7 Å². The first-order valence-corrected chi connectivity index (χ1v) is 24.4. The number of nitrogens with zero attached hydrogens (tertiary/aromatic N) is 7. The van der Waals surface area contributed by atoms with E-state index in [0.29, 0.717) is 12.1 Å². The fourth-order valence-corrected chi connectivity index (χ4v) is 8.78. The second-order valence-electron chi connectivity index (χ2n) is 13.0. The maximum atomic E-state index is 13.6. The summed E-state index contributed by atoms with van der Waals surface area (Å²) in [5.74, 6) is -1.18. The summed E-state index contributed by atoms with van der Waals surface area (Å²) in [7, 11) is -26.0. The van der Waals surface area contributed by atoms with Gasteiger partial charge >= 0.3 is 148 Å². The molecule has 0 fully saturated rings. The number of hydrogen-bond acceptors (Lipinski definition) is 23. The number of non-ortho nitro benzene ring substituents is 1. The van der Waals surface area contributed by atoms with E-state index >= 15 is 0 Å². The third-order valence-electron chi connectivity index (χ3n) is 8.64. The molecule has 0 bridgehead atoms. The molecular formula is C36H20N7Na5O18S5. The van der Waals surface area contributed by atoms with Crippen LogP contribution in [-0.2, 0) is 50.6 Å². The average molecular weight is 1110 g/mol. The fraction of sp³-hybridized carbons (Fsp3) is 0. The molecule has 0 aliphatic heterocycles. The molecule has 0 saturated heterocycles. The molecule has 342 valence electrons. The molecule has 0 unspecified atom stereocenters. The number of hydrogen-bond donors (Lipinski definition) is 1. The molecule has 35 heteroatoms. The molecule has 6 rings (SSSR count). The first-order chi connectivity index (χ1) is 30.6. The van der Waals surface area contributed by atoms with Gasteiger partial charge in [0.1, 0.15) is 51.1 Å². The van der Waals surface area contributed by atoms with Gasteiger partial charge in [0.15, 0.2) is 0 Å². The Labute approximate surface area is 513 Å². The standard InChI is InChI=1S/C36H25N7O18S5.5Na/c44-36-29-13-8-24(38-40-25-5-3-20(31(17-25)63(50,51)52)1-2-21-4-10-27(43(45)46)19-32(21)64(53,54)55)15-22(29)16-34(66(59,60)61)35(36)42-41-30-14-9-26(18-33(30)65(56,57)58)39-37-23-6-11-28(12-7-23)62(47,48)49;;;;;/h1-19,44H,(H,47,48,49)(H,50,51,52)(H,53,54,55)(H,56,57,58)(H,59,60,61);;;;;/q;5*+1/p-5/b2-1+,39-37?,40-38?,42-41?;;;;;. The second-order valence-corrected chi connectivity index (χ2v) is 19.8. The van der Waals surface area contributed by atoms with Crippen LogP contribution in [0.3, 0.4) is 0 Å². The Balaban J connectivity index is 0.00000504. The molecule has 0 aliphatic carbocycles. The Morgan fingerprint density at radius 2 is 0.901 bits per heavy atom. The predicted molar refractivity (Wildman–Crippen MR) is 219 cm³/mol. The van der Waals surface area contributed by atoms with Crippen LogP contribution in [0.25, 0.3) is 22.9 Å². The van der Waals surface area contributed by atoms with E-state index in [0.717, 1.165) is 97.1 Å². The molecule has 0 spiro atoms. The van der Waals surface area contributed by atoms with Gasteiger partial charge in [-0.15, -0.1) is 10.2 Å². The second kappa shape index (κ2) is 26.6. The third kappa shape index (κ3) is 17.5. The van der Waals surface area contributed by atoms with Crippen LogP contribution in [0, 0.1) is 10.1 Å². The first kappa shape index (κ1) is 66.9. The summed E-state index contributed by atoms with van der Waals surface area (Å²) in [6.07, 6.45) is 1.87. The molecular weight excluding hydrogens is 1090 g/mol. The molecule has 6 aromatic carbocycles. The zero-order valence-electron chi connectivity index (χ0n) is 37.0. The Hall–Kier alpha value is -2.13. The number of nitro benzene ring substituents is 1. The zero-order valence-corrected chi connectivity index (χ0v) is 51.1.